The summed E-state index contributed by atoms with van der Waals surface area (Å²) in [6, 6.07) is 8.91. The first-order valence-corrected chi connectivity index (χ1v) is 11.5. The first kappa shape index (κ1) is 22.8. The highest BCUT2D eigenvalue weighted by atomic mass is 35.5. The van der Waals surface area contributed by atoms with E-state index in [4.69, 9.17) is 16.3 Å². The monoisotopic (exact) mass is 486 g/mol. The first-order valence-electron chi connectivity index (χ1n) is 10.2. The number of halogens is 2. The number of nitrogens with zero attached hydrogens (tertiary/aromatic N) is 5. The predicted molar refractivity (Wildman–Crippen MR) is 123 cm³/mol. The number of hydrogen-bond donors (Lipinski definition) is 1. The van der Waals surface area contributed by atoms with E-state index in [0.717, 1.165) is 11.4 Å². The number of carbonyl (C=O) groups is 1. The minimum atomic E-state index is -0.642. The van der Waals surface area contributed by atoms with Gasteiger partial charge >= 0.3 is 6.09 Å². The molecule has 4 aromatic rings. The van der Waals surface area contributed by atoms with Crippen molar-refractivity contribution in [1.29, 1.82) is 0 Å². The van der Waals surface area contributed by atoms with Crippen molar-refractivity contribution in [2.24, 2.45) is 0 Å². The number of rotatable bonds is 7. The van der Waals surface area contributed by atoms with Crippen LogP contribution in [0.25, 0.3) is 16.8 Å². The Kier molecular flexibility index (Phi) is 6.95. The van der Waals surface area contributed by atoms with Gasteiger partial charge in [-0.3, -0.25) is 0 Å². The summed E-state index contributed by atoms with van der Waals surface area (Å²) in [7, 11) is 0. The largest absolute Gasteiger partial charge is 0.413 e. The summed E-state index contributed by atoms with van der Waals surface area (Å²) in [5.41, 5.74) is 1.77. The van der Waals surface area contributed by atoms with E-state index < -0.39 is 11.9 Å². The van der Waals surface area contributed by atoms with Crippen molar-refractivity contribution in [3.05, 3.63) is 69.6 Å². The maximum absolute atomic E-state index is 13.6. The molecule has 0 saturated heterocycles. The van der Waals surface area contributed by atoms with Crippen LogP contribution in [-0.2, 0) is 6.42 Å². The number of ether oxygens (including phenoxy) is 1. The number of carbonyl (C=O) groups excluding carboxylic acids is 1. The molecular weight excluding hydrogens is 467 g/mol. The molecule has 0 saturated carbocycles. The van der Waals surface area contributed by atoms with Gasteiger partial charge in [-0.05, 0) is 59.7 Å². The lowest BCUT2D eigenvalue weighted by Crippen LogP contribution is -2.29. The lowest BCUT2D eigenvalue weighted by atomic mass is 10.0. The van der Waals surface area contributed by atoms with Gasteiger partial charge in [0, 0.05) is 29.6 Å². The second-order valence-corrected chi connectivity index (χ2v) is 8.56. The van der Waals surface area contributed by atoms with Crippen molar-refractivity contribution in [3.63, 3.8) is 0 Å². The van der Waals surface area contributed by atoms with Crippen molar-refractivity contribution < 1.29 is 13.9 Å². The third-order valence-electron chi connectivity index (χ3n) is 4.75. The van der Waals surface area contributed by atoms with Crippen molar-refractivity contribution in [1.82, 2.24) is 30.5 Å². The van der Waals surface area contributed by atoms with Gasteiger partial charge < -0.3 is 10.1 Å². The average molecular weight is 487 g/mol. The molecule has 0 aliphatic rings. The van der Waals surface area contributed by atoms with E-state index in [1.807, 2.05) is 19.2 Å². The number of tetrazole rings is 1. The maximum Gasteiger partial charge on any atom is 0.413 e. The van der Waals surface area contributed by atoms with Crippen LogP contribution in [0.4, 0.5) is 9.18 Å². The van der Waals surface area contributed by atoms with Gasteiger partial charge in [-0.2, -0.15) is 4.68 Å². The fourth-order valence-electron chi connectivity index (χ4n) is 3.25. The second-order valence-electron chi connectivity index (χ2n) is 7.22. The Labute approximate surface area is 198 Å². The molecule has 170 valence electrons. The summed E-state index contributed by atoms with van der Waals surface area (Å²) < 4.78 is 20.7. The number of nitrogens with one attached hydrogen (secondary N) is 1. The molecule has 2 heterocycles. The fourth-order valence-corrected chi connectivity index (χ4v) is 4.18. The SMILES string of the molecule is CCCc1nnnn1-c1cc(OC(=O)NC(C)c2nccs2)cc(-c2ccc(F)cc2Cl)c1. The smallest absolute Gasteiger partial charge is 0.410 e. The van der Waals surface area contributed by atoms with E-state index >= 15 is 0 Å². The van der Waals surface area contributed by atoms with Crippen molar-refractivity contribution >= 4 is 29.0 Å². The van der Waals surface area contributed by atoms with E-state index in [9.17, 15) is 9.18 Å². The summed E-state index contributed by atoms with van der Waals surface area (Å²) in [5, 5.41) is 17.5. The number of hydrogen-bond acceptors (Lipinski definition) is 7. The quantitative estimate of drug-likeness (QED) is 0.377. The van der Waals surface area contributed by atoms with Crippen LogP contribution in [0.2, 0.25) is 5.02 Å². The maximum atomic E-state index is 13.6. The predicted octanol–water partition coefficient (Wildman–Crippen LogP) is 5.38. The third kappa shape index (κ3) is 5.35. The van der Waals surface area contributed by atoms with Gasteiger partial charge in [-0.15, -0.1) is 16.4 Å². The van der Waals surface area contributed by atoms with Gasteiger partial charge in [-0.25, -0.2) is 14.2 Å². The highest BCUT2D eigenvalue weighted by molar-refractivity contribution is 7.09. The summed E-state index contributed by atoms with van der Waals surface area (Å²) in [4.78, 5) is 16.8. The molecule has 11 heteroatoms. The molecule has 0 aliphatic carbocycles. The van der Waals surface area contributed by atoms with Crippen LogP contribution in [0.3, 0.4) is 0 Å². The van der Waals surface area contributed by atoms with Crippen LogP contribution >= 0.6 is 22.9 Å². The van der Waals surface area contributed by atoms with Crippen LogP contribution in [0.1, 0.15) is 37.1 Å². The Morgan fingerprint density at radius 1 is 1.30 bits per heavy atom. The minimum Gasteiger partial charge on any atom is -0.410 e. The van der Waals surface area contributed by atoms with E-state index in [1.165, 1.54) is 23.5 Å². The standard InChI is InChI=1S/C22H20ClFN6O2S/c1-3-4-20-27-28-29-30(20)16-9-14(18-6-5-15(24)11-19(18)23)10-17(12-16)32-22(31)26-13(2)21-25-7-8-33-21/h5-13H,3-4H2,1-2H3,(H,26,31). The van der Waals surface area contributed by atoms with Crippen LogP contribution in [0, 0.1) is 5.82 Å². The molecule has 1 unspecified atom stereocenters. The molecule has 1 N–H and O–H groups in total. The van der Waals surface area contributed by atoms with E-state index in [1.54, 1.807) is 35.1 Å². The number of aromatic nitrogens is 5. The van der Waals surface area contributed by atoms with Crippen molar-refractivity contribution in [2.45, 2.75) is 32.7 Å². The Hall–Kier alpha value is -3.37. The zero-order chi connectivity index (χ0) is 23.4. The molecule has 0 spiro atoms. The fraction of sp³-hybridized carbons (Fsp3) is 0.227. The zero-order valence-corrected chi connectivity index (χ0v) is 19.4. The van der Waals surface area contributed by atoms with Crippen LogP contribution < -0.4 is 10.1 Å². The lowest BCUT2D eigenvalue weighted by molar-refractivity contribution is 0.197. The molecule has 0 fully saturated rings. The van der Waals surface area contributed by atoms with Crippen molar-refractivity contribution in [3.8, 4) is 22.6 Å². The minimum absolute atomic E-state index is 0.227. The molecular formula is C22H20ClFN6O2S. The number of aryl methyl sites for hydroxylation is 1. The van der Waals surface area contributed by atoms with Gasteiger partial charge in [0.1, 0.15) is 16.6 Å². The van der Waals surface area contributed by atoms with Crippen LogP contribution in [0.15, 0.2) is 48.0 Å². The zero-order valence-electron chi connectivity index (χ0n) is 17.8. The number of amides is 1. The second kappa shape index (κ2) is 10.1. The molecule has 1 atom stereocenters. The normalized spacial score (nSPS) is 11.9. The summed E-state index contributed by atoms with van der Waals surface area (Å²) >= 11 is 7.73. The Balaban J connectivity index is 1.69. The van der Waals surface area contributed by atoms with Crippen LogP contribution in [0.5, 0.6) is 5.75 Å². The Morgan fingerprint density at radius 2 is 2.15 bits per heavy atom. The average Bonchev–Trinajstić information content (AvgIpc) is 3.46. The molecule has 0 bridgehead atoms. The van der Waals surface area contributed by atoms with E-state index in [0.29, 0.717) is 29.1 Å². The van der Waals surface area contributed by atoms with Crippen LogP contribution in [-0.4, -0.2) is 31.3 Å². The van der Waals surface area contributed by atoms with Gasteiger partial charge in [0.15, 0.2) is 5.82 Å². The van der Waals surface area contributed by atoms with Gasteiger partial charge in [0.05, 0.1) is 16.8 Å². The molecule has 4 rings (SSSR count). The molecule has 33 heavy (non-hydrogen) atoms. The van der Waals surface area contributed by atoms with E-state index in [2.05, 4.69) is 25.8 Å². The highest BCUT2D eigenvalue weighted by Gasteiger charge is 2.17. The van der Waals surface area contributed by atoms with E-state index in [-0.39, 0.29) is 16.8 Å². The number of benzene rings is 2. The summed E-state index contributed by atoms with van der Waals surface area (Å²) in [5.74, 6) is 0.468. The summed E-state index contributed by atoms with van der Waals surface area (Å²) in [6.07, 6.45) is 2.54. The Morgan fingerprint density at radius 3 is 2.88 bits per heavy atom. The summed E-state index contributed by atoms with van der Waals surface area (Å²) in [6.45, 7) is 3.84. The van der Waals surface area contributed by atoms with Gasteiger partial charge in [0.2, 0.25) is 0 Å². The van der Waals surface area contributed by atoms with Crippen molar-refractivity contribution in [2.75, 3.05) is 0 Å². The number of thiazole rings is 1. The highest BCUT2D eigenvalue weighted by Crippen LogP contribution is 2.33. The molecule has 1 amide bonds. The molecule has 2 aromatic carbocycles. The molecule has 0 aliphatic heterocycles. The first-order chi connectivity index (χ1) is 15.9. The topological polar surface area (TPSA) is 94.8 Å². The molecule has 8 nitrogen and oxygen atoms in total. The van der Waals surface area contributed by atoms with Gasteiger partial charge in [-0.1, -0.05) is 18.5 Å². The molecule has 0 radical (unpaired) electrons. The molecule has 2 aromatic heterocycles. The third-order valence-corrected chi connectivity index (χ3v) is 6.02. The Bertz CT molecular complexity index is 1260. The lowest BCUT2D eigenvalue weighted by Gasteiger charge is -2.14. The van der Waals surface area contributed by atoms with Gasteiger partial charge in [0.25, 0.3) is 0 Å².